The summed E-state index contributed by atoms with van der Waals surface area (Å²) >= 11 is 2.31. The molecule has 0 amide bonds. The number of halogens is 1. The van der Waals surface area contributed by atoms with Crippen molar-refractivity contribution in [1.82, 2.24) is 0 Å². The van der Waals surface area contributed by atoms with Gasteiger partial charge in [-0.2, -0.15) is 0 Å². The highest BCUT2D eigenvalue weighted by Gasteiger charge is 2.23. The quantitative estimate of drug-likeness (QED) is 0.572. The van der Waals surface area contributed by atoms with Gasteiger partial charge in [0.1, 0.15) is 0 Å². The van der Waals surface area contributed by atoms with Crippen LogP contribution in [0.25, 0.3) is 0 Å². The second-order valence-corrected chi connectivity index (χ2v) is 4.22. The molecule has 0 aromatic rings. The third kappa shape index (κ3) is 2.31. The van der Waals surface area contributed by atoms with Gasteiger partial charge in [0.2, 0.25) is 0 Å². The molecule has 1 aliphatic rings. The van der Waals surface area contributed by atoms with Crippen LogP contribution in [0.1, 0.15) is 19.3 Å². The van der Waals surface area contributed by atoms with Crippen LogP contribution in [0.2, 0.25) is 0 Å². The van der Waals surface area contributed by atoms with Gasteiger partial charge in [-0.25, -0.2) is 0 Å². The normalized spacial score (nSPS) is 23.2. The van der Waals surface area contributed by atoms with Gasteiger partial charge in [0.05, 0.1) is 6.61 Å². The maximum absolute atomic E-state index is 8.60. The number of hydrogen-bond acceptors (Lipinski definition) is 1. The van der Waals surface area contributed by atoms with Crippen LogP contribution in [0.3, 0.4) is 0 Å². The van der Waals surface area contributed by atoms with Gasteiger partial charge >= 0.3 is 0 Å². The van der Waals surface area contributed by atoms with Crippen molar-refractivity contribution in [2.75, 3.05) is 6.61 Å². The molecule has 48 valence electrons. The minimum atomic E-state index is 0.358. The molecule has 1 fully saturated rings. The first-order chi connectivity index (χ1) is 3.83. The first kappa shape index (κ1) is 6.81. The Bertz CT molecular complexity index is 70.9. The van der Waals surface area contributed by atoms with Crippen LogP contribution in [0.4, 0.5) is 0 Å². The van der Waals surface area contributed by atoms with Gasteiger partial charge in [-0.05, 0) is 12.3 Å². The van der Waals surface area contributed by atoms with Crippen LogP contribution in [-0.2, 0) is 0 Å². The molecule has 8 heavy (non-hydrogen) atoms. The van der Waals surface area contributed by atoms with Crippen LogP contribution in [0.5, 0.6) is 0 Å². The SMILES string of the molecule is OC[C@@H](I)CC1CC1. The molecule has 1 atom stereocenters. The average molecular weight is 226 g/mol. The van der Waals surface area contributed by atoms with Gasteiger partial charge in [-0.3, -0.25) is 0 Å². The zero-order chi connectivity index (χ0) is 5.98. The van der Waals surface area contributed by atoms with Gasteiger partial charge < -0.3 is 5.11 Å². The highest BCUT2D eigenvalue weighted by Crippen LogP contribution is 2.35. The molecule has 1 rings (SSSR count). The van der Waals surface area contributed by atoms with Crippen molar-refractivity contribution in [3.8, 4) is 0 Å². The van der Waals surface area contributed by atoms with E-state index in [0.29, 0.717) is 10.5 Å². The molecule has 0 saturated heterocycles. The molecule has 0 aliphatic heterocycles. The molecular weight excluding hydrogens is 215 g/mol. The topological polar surface area (TPSA) is 20.2 Å². The van der Waals surface area contributed by atoms with E-state index < -0.39 is 0 Å². The molecule has 0 radical (unpaired) electrons. The molecule has 1 N–H and O–H groups in total. The minimum absolute atomic E-state index is 0.358. The molecule has 0 unspecified atom stereocenters. The van der Waals surface area contributed by atoms with E-state index in [1.165, 1.54) is 19.3 Å². The molecule has 1 aliphatic carbocycles. The first-order valence-electron chi connectivity index (χ1n) is 3.08. The third-order valence-electron chi connectivity index (χ3n) is 1.48. The van der Waals surface area contributed by atoms with Gasteiger partial charge in [0.15, 0.2) is 0 Å². The molecule has 0 bridgehead atoms. The highest BCUT2D eigenvalue weighted by molar-refractivity contribution is 14.1. The second kappa shape index (κ2) is 3.01. The molecule has 0 aromatic carbocycles. The van der Waals surface area contributed by atoms with Crippen LogP contribution in [0.15, 0.2) is 0 Å². The lowest BCUT2D eigenvalue weighted by Gasteiger charge is -2.01. The standard InChI is InChI=1S/C6H11IO/c7-6(4-8)3-5-1-2-5/h5-6,8H,1-4H2/t6-/m0/s1. The second-order valence-electron chi connectivity index (χ2n) is 2.46. The van der Waals surface area contributed by atoms with Gasteiger partial charge in [0, 0.05) is 3.92 Å². The van der Waals surface area contributed by atoms with Gasteiger partial charge in [-0.15, -0.1) is 0 Å². The van der Waals surface area contributed by atoms with E-state index in [0.717, 1.165) is 5.92 Å². The predicted octanol–water partition coefficient (Wildman–Crippen LogP) is 1.58. The lowest BCUT2D eigenvalue weighted by atomic mass is 10.2. The summed E-state index contributed by atoms with van der Waals surface area (Å²) in [5, 5.41) is 8.60. The first-order valence-corrected chi connectivity index (χ1v) is 4.32. The summed E-state index contributed by atoms with van der Waals surface area (Å²) in [6, 6.07) is 0. The molecular formula is C6H11IO. The van der Waals surface area contributed by atoms with Gasteiger partial charge in [-0.1, -0.05) is 35.4 Å². The van der Waals surface area contributed by atoms with Crippen LogP contribution >= 0.6 is 22.6 Å². The fourth-order valence-electron chi connectivity index (χ4n) is 0.790. The smallest absolute Gasteiger partial charge is 0.0549 e. The summed E-state index contributed by atoms with van der Waals surface area (Å²) in [4.78, 5) is 0. The Morgan fingerprint density at radius 3 is 2.62 bits per heavy atom. The van der Waals surface area contributed by atoms with Crippen LogP contribution in [0, 0.1) is 5.92 Å². The maximum atomic E-state index is 8.60. The fraction of sp³-hybridized carbons (Fsp3) is 1.00. The van der Waals surface area contributed by atoms with E-state index in [9.17, 15) is 0 Å². The summed E-state index contributed by atoms with van der Waals surface area (Å²) in [6.45, 7) is 0.358. The summed E-state index contributed by atoms with van der Waals surface area (Å²) in [5.74, 6) is 0.962. The van der Waals surface area contributed by atoms with E-state index in [1.54, 1.807) is 0 Å². The maximum Gasteiger partial charge on any atom is 0.0549 e. The molecule has 1 saturated carbocycles. The van der Waals surface area contributed by atoms with E-state index >= 15 is 0 Å². The number of aliphatic hydroxyl groups is 1. The number of rotatable bonds is 3. The Kier molecular flexibility index (Phi) is 2.56. The zero-order valence-corrected chi connectivity index (χ0v) is 6.97. The largest absolute Gasteiger partial charge is 0.395 e. The van der Waals surface area contributed by atoms with E-state index in [1.807, 2.05) is 0 Å². The van der Waals surface area contributed by atoms with Crippen molar-refractivity contribution >= 4 is 22.6 Å². The van der Waals surface area contributed by atoms with Crippen molar-refractivity contribution in [1.29, 1.82) is 0 Å². The van der Waals surface area contributed by atoms with Crippen LogP contribution in [-0.4, -0.2) is 15.6 Å². The molecule has 0 aromatic heterocycles. The van der Waals surface area contributed by atoms with Gasteiger partial charge in [0.25, 0.3) is 0 Å². The Morgan fingerprint density at radius 2 is 2.25 bits per heavy atom. The van der Waals surface area contributed by atoms with E-state index in [-0.39, 0.29) is 0 Å². The minimum Gasteiger partial charge on any atom is -0.395 e. The fourth-order valence-corrected chi connectivity index (χ4v) is 1.51. The van der Waals surface area contributed by atoms with E-state index in [4.69, 9.17) is 5.11 Å². The number of hydrogen-bond donors (Lipinski definition) is 1. The van der Waals surface area contributed by atoms with E-state index in [2.05, 4.69) is 22.6 Å². The molecule has 0 heterocycles. The van der Waals surface area contributed by atoms with Crippen molar-refractivity contribution < 1.29 is 5.11 Å². The zero-order valence-electron chi connectivity index (χ0n) is 4.81. The molecule has 2 heteroatoms. The molecule has 1 nitrogen and oxygen atoms in total. The number of alkyl halides is 1. The summed E-state index contributed by atoms with van der Waals surface area (Å²) in [7, 11) is 0. The van der Waals surface area contributed by atoms with Crippen LogP contribution < -0.4 is 0 Å². The summed E-state index contributed by atoms with van der Waals surface area (Å²) in [6.07, 6.45) is 4.04. The Labute approximate surface area is 63.6 Å². The average Bonchev–Trinajstić information content (AvgIpc) is 2.50. The Hall–Kier alpha value is 0.690. The number of aliphatic hydroxyl groups excluding tert-OH is 1. The lowest BCUT2D eigenvalue weighted by molar-refractivity contribution is 0.292. The summed E-state index contributed by atoms with van der Waals surface area (Å²) in [5.41, 5.74) is 0. The Balaban J connectivity index is 1.98. The van der Waals surface area contributed by atoms with Crippen molar-refractivity contribution in [3.63, 3.8) is 0 Å². The van der Waals surface area contributed by atoms with Crippen molar-refractivity contribution in [2.45, 2.75) is 23.2 Å². The predicted molar refractivity (Wildman–Crippen MR) is 42.2 cm³/mol. The van der Waals surface area contributed by atoms with Crippen molar-refractivity contribution in [3.05, 3.63) is 0 Å². The Morgan fingerprint density at radius 1 is 1.62 bits per heavy atom. The third-order valence-corrected chi connectivity index (χ3v) is 2.39. The van der Waals surface area contributed by atoms with Crippen molar-refractivity contribution in [2.24, 2.45) is 5.92 Å². The summed E-state index contributed by atoms with van der Waals surface area (Å²) < 4.78 is 0.514. The molecule has 0 spiro atoms. The monoisotopic (exact) mass is 226 g/mol. The highest BCUT2D eigenvalue weighted by atomic mass is 127. The lowest BCUT2D eigenvalue weighted by Crippen LogP contribution is -2.03.